The molecule has 0 unspecified atom stereocenters. The van der Waals surface area contributed by atoms with Gasteiger partial charge in [0.1, 0.15) is 11.7 Å². The highest BCUT2D eigenvalue weighted by Crippen LogP contribution is 2.28. The first kappa shape index (κ1) is 13.3. The van der Waals surface area contributed by atoms with Gasteiger partial charge in [-0.3, -0.25) is 14.2 Å². The third-order valence-electron chi connectivity index (χ3n) is 4.23. The lowest BCUT2D eigenvalue weighted by Gasteiger charge is -2.27. The van der Waals surface area contributed by atoms with Gasteiger partial charge in [0.05, 0.1) is 12.3 Å². The number of nitrogens with zero attached hydrogens (tertiary/aromatic N) is 2. The van der Waals surface area contributed by atoms with Crippen molar-refractivity contribution in [1.82, 2.24) is 9.55 Å². The Morgan fingerprint density at radius 2 is 2.15 bits per heavy atom. The minimum absolute atomic E-state index is 0.0682. The molecule has 0 saturated carbocycles. The molecule has 1 atom stereocenters. The topological polar surface area (TPSA) is 61.2 Å². The largest absolute Gasteiger partial charge is 0.465 e. The van der Waals surface area contributed by atoms with Gasteiger partial charge in [0.2, 0.25) is 0 Å². The molecule has 2 aliphatic rings. The molecule has 1 aliphatic carbocycles. The second kappa shape index (κ2) is 5.38. The number of rotatable bonds is 2. The molecule has 0 amide bonds. The van der Waals surface area contributed by atoms with Crippen LogP contribution in [0.5, 0.6) is 0 Å². The molecule has 3 rings (SSSR count). The molecule has 5 heteroatoms. The predicted molar refractivity (Wildman–Crippen MR) is 73.7 cm³/mol. The second-order valence-corrected chi connectivity index (χ2v) is 5.51. The van der Waals surface area contributed by atoms with E-state index in [1.54, 1.807) is 11.5 Å². The van der Waals surface area contributed by atoms with Crippen molar-refractivity contribution in [2.45, 2.75) is 57.9 Å². The Kier molecular flexibility index (Phi) is 3.59. The number of fused-ring (bicyclic) bond motifs is 2. The van der Waals surface area contributed by atoms with E-state index in [0.717, 1.165) is 49.8 Å². The van der Waals surface area contributed by atoms with E-state index < -0.39 is 0 Å². The summed E-state index contributed by atoms with van der Waals surface area (Å²) in [6.07, 6.45) is 5.37. The molecule has 0 N–H and O–H groups in total. The van der Waals surface area contributed by atoms with Crippen LogP contribution in [0, 0.1) is 0 Å². The summed E-state index contributed by atoms with van der Waals surface area (Å²) in [6, 6.07) is 0. The zero-order valence-electron chi connectivity index (χ0n) is 11.9. The molecule has 1 aromatic heterocycles. The quantitative estimate of drug-likeness (QED) is 0.769. The highest BCUT2D eigenvalue weighted by atomic mass is 16.5. The summed E-state index contributed by atoms with van der Waals surface area (Å²) in [5.41, 5.74) is 1.84. The summed E-state index contributed by atoms with van der Waals surface area (Å²) in [5.74, 6) is 0.00702. The number of esters is 1. The molecule has 0 fully saturated rings. The Morgan fingerprint density at radius 1 is 1.35 bits per heavy atom. The summed E-state index contributed by atoms with van der Waals surface area (Å²) in [4.78, 5) is 29.3. The van der Waals surface area contributed by atoms with E-state index in [4.69, 9.17) is 4.74 Å². The highest BCUT2D eigenvalue weighted by molar-refractivity contribution is 5.77. The van der Waals surface area contributed by atoms with Crippen molar-refractivity contribution < 1.29 is 9.53 Å². The minimum atomic E-state index is -0.372. The Morgan fingerprint density at radius 3 is 2.95 bits per heavy atom. The van der Waals surface area contributed by atoms with Crippen LogP contribution >= 0.6 is 0 Å². The first-order valence-electron chi connectivity index (χ1n) is 7.51. The molecule has 0 radical (unpaired) electrons. The van der Waals surface area contributed by atoms with Crippen molar-refractivity contribution in [1.29, 1.82) is 0 Å². The second-order valence-electron chi connectivity index (χ2n) is 5.51. The first-order chi connectivity index (χ1) is 9.72. The molecule has 0 saturated heterocycles. The number of hydrogen-bond acceptors (Lipinski definition) is 4. The Bertz CT molecular complexity index is 592. The normalized spacial score (nSPS) is 20.9. The molecule has 1 aliphatic heterocycles. The van der Waals surface area contributed by atoms with Gasteiger partial charge in [0.25, 0.3) is 5.56 Å². The highest BCUT2D eigenvalue weighted by Gasteiger charge is 2.32. The number of carbonyl (C=O) groups excluding carboxylic acids is 1. The monoisotopic (exact) mass is 276 g/mol. The zero-order valence-corrected chi connectivity index (χ0v) is 11.9. The van der Waals surface area contributed by atoms with E-state index in [2.05, 4.69) is 4.98 Å². The van der Waals surface area contributed by atoms with Crippen molar-refractivity contribution in [3.63, 3.8) is 0 Å². The fraction of sp³-hybridized carbons (Fsp3) is 0.667. The van der Waals surface area contributed by atoms with E-state index in [1.165, 1.54) is 0 Å². The van der Waals surface area contributed by atoms with Gasteiger partial charge in [0, 0.05) is 12.1 Å². The minimum Gasteiger partial charge on any atom is -0.465 e. The first-order valence-corrected chi connectivity index (χ1v) is 7.51. The van der Waals surface area contributed by atoms with Crippen LogP contribution in [-0.2, 0) is 28.9 Å². The van der Waals surface area contributed by atoms with Crippen molar-refractivity contribution in [2.75, 3.05) is 6.61 Å². The van der Waals surface area contributed by atoms with E-state index in [9.17, 15) is 9.59 Å². The van der Waals surface area contributed by atoms with Crippen molar-refractivity contribution >= 4 is 5.97 Å². The molecule has 5 nitrogen and oxygen atoms in total. The third-order valence-corrected chi connectivity index (χ3v) is 4.23. The molecule has 0 aromatic carbocycles. The van der Waals surface area contributed by atoms with Gasteiger partial charge < -0.3 is 4.74 Å². The maximum atomic E-state index is 12.6. The number of hydrogen-bond donors (Lipinski definition) is 0. The predicted octanol–water partition coefficient (Wildman–Crippen LogP) is 1.56. The zero-order chi connectivity index (χ0) is 14.1. The molecule has 0 spiro atoms. The molecule has 2 heterocycles. The molecule has 1 aromatic rings. The van der Waals surface area contributed by atoms with Gasteiger partial charge in [-0.15, -0.1) is 0 Å². The number of carbonyl (C=O) groups is 1. The Labute approximate surface area is 118 Å². The SMILES string of the molecule is CCOC(=O)[C@H]1CCCn2c1nc1c(c2=O)CCCC1. The maximum Gasteiger partial charge on any atom is 0.316 e. The summed E-state index contributed by atoms with van der Waals surface area (Å²) in [5, 5.41) is 0. The van der Waals surface area contributed by atoms with Crippen LogP contribution in [0.4, 0.5) is 0 Å². The standard InChI is InChI=1S/C15H20N2O3/c1-2-20-15(19)11-7-5-9-17-13(11)16-12-8-4-3-6-10(12)14(17)18/h11H,2-9H2,1H3/t11-/m0/s1. The van der Waals surface area contributed by atoms with E-state index in [0.29, 0.717) is 19.0 Å². The number of ether oxygens (including phenoxy) is 1. The molecule has 0 bridgehead atoms. The number of aromatic nitrogens is 2. The van der Waals surface area contributed by atoms with Gasteiger partial charge in [0.15, 0.2) is 0 Å². The molecular formula is C15H20N2O3. The fourth-order valence-electron chi connectivity index (χ4n) is 3.24. The van der Waals surface area contributed by atoms with Crippen LogP contribution in [-0.4, -0.2) is 22.1 Å². The third kappa shape index (κ3) is 2.15. The lowest BCUT2D eigenvalue weighted by Crippen LogP contribution is -2.37. The molecular weight excluding hydrogens is 256 g/mol. The van der Waals surface area contributed by atoms with Gasteiger partial charge in [-0.05, 0) is 45.4 Å². The summed E-state index contributed by atoms with van der Waals surface area (Å²) in [6.45, 7) is 2.84. The van der Waals surface area contributed by atoms with Crippen LogP contribution in [0.2, 0.25) is 0 Å². The number of aryl methyl sites for hydroxylation is 1. The van der Waals surface area contributed by atoms with E-state index in [1.807, 2.05) is 0 Å². The van der Waals surface area contributed by atoms with Gasteiger partial charge in [-0.2, -0.15) is 0 Å². The lowest BCUT2D eigenvalue weighted by molar-refractivity contribution is -0.145. The van der Waals surface area contributed by atoms with Crippen LogP contribution in [0.15, 0.2) is 4.79 Å². The lowest BCUT2D eigenvalue weighted by atomic mass is 9.94. The summed E-state index contributed by atoms with van der Waals surface area (Å²) >= 11 is 0. The Hall–Kier alpha value is -1.65. The van der Waals surface area contributed by atoms with Crippen molar-refractivity contribution in [2.24, 2.45) is 0 Å². The average molecular weight is 276 g/mol. The average Bonchev–Trinajstić information content (AvgIpc) is 2.47. The molecule has 20 heavy (non-hydrogen) atoms. The summed E-state index contributed by atoms with van der Waals surface area (Å²) in [7, 11) is 0. The van der Waals surface area contributed by atoms with Crippen molar-refractivity contribution in [3.8, 4) is 0 Å². The maximum absolute atomic E-state index is 12.6. The van der Waals surface area contributed by atoms with E-state index in [-0.39, 0.29) is 17.4 Å². The molecule has 108 valence electrons. The van der Waals surface area contributed by atoms with Gasteiger partial charge >= 0.3 is 5.97 Å². The van der Waals surface area contributed by atoms with E-state index >= 15 is 0 Å². The van der Waals surface area contributed by atoms with Gasteiger partial charge in [-0.25, -0.2) is 4.98 Å². The smallest absolute Gasteiger partial charge is 0.316 e. The van der Waals surface area contributed by atoms with Crippen LogP contribution in [0.3, 0.4) is 0 Å². The van der Waals surface area contributed by atoms with Crippen LogP contribution < -0.4 is 5.56 Å². The van der Waals surface area contributed by atoms with Crippen LogP contribution in [0.25, 0.3) is 0 Å². The summed E-state index contributed by atoms with van der Waals surface area (Å²) < 4.78 is 6.83. The van der Waals surface area contributed by atoms with Crippen molar-refractivity contribution in [3.05, 3.63) is 27.4 Å². The van der Waals surface area contributed by atoms with Crippen LogP contribution in [0.1, 0.15) is 55.6 Å². The van der Waals surface area contributed by atoms with Gasteiger partial charge in [-0.1, -0.05) is 0 Å². The fourth-order valence-corrected chi connectivity index (χ4v) is 3.24. The Balaban J connectivity index is 2.07.